The van der Waals surface area contributed by atoms with Crippen LogP contribution in [-0.2, 0) is 27.7 Å². The van der Waals surface area contributed by atoms with Crippen molar-refractivity contribution in [3.8, 4) is 5.75 Å². The lowest BCUT2D eigenvalue weighted by molar-refractivity contribution is -0.137. The molecule has 0 bridgehead atoms. The Morgan fingerprint density at radius 2 is 2.04 bits per heavy atom. The topological polar surface area (TPSA) is 144 Å². The number of anilines is 1. The number of rotatable bonds is 5. The van der Waals surface area contributed by atoms with Crippen molar-refractivity contribution in [3.05, 3.63) is 86.3 Å². The summed E-state index contributed by atoms with van der Waals surface area (Å²) in [7, 11) is 0. The zero-order chi connectivity index (χ0) is 35.8. The van der Waals surface area contributed by atoms with E-state index in [2.05, 4.69) is 15.4 Å². The number of benzene rings is 1. The van der Waals surface area contributed by atoms with E-state index in [1.165, 1.54) is 16.8 Å². The van der Waals surface area contributed by atoms with E-state index in [1.807, 2.05) is 13.0 Å². The second kappa shape index (κ2) is 12.2. The molecule has 1 saturated heterocycles. The normalized spacial score (nSPS) is 24.2. The maximum Gasteiger partial charge on any atom is 0.416 e. The number of hydrogen-bond acceptors (Lipinski definition) is 8. The monoisotopic (exact) mass is 723 g/mol. The first-order valence-electron chi connectivity index (χ1n) is 16.8. The third-order valence-electron chi connectivity index (χ3n) is 10.9. The molecule has 2 amide bonds. The van der Waals surface area contributed by atoms with Gasteiger partial charge in [0.1, 0.15) is 12.3 Å². The fourth-order valence-electron chi connectivity index (χ4n) is 8.63. The highest BCUT2D eigenvalue weighted by atomic mass is 35.5. The van der Waals surface area contributed by atoms with Crippen LogP contribution in [0.2, 0.25) is 5.02 Å². The van der Waals surface area contributed by atoms with Crippen molar-refractivity contribution in [2.45, 2.75) is 69.1 Å². The maximum absolute atomic E-state index is 14.6. The number of halogens is 4. The Balaban J connectivity index is 1.20. The number of nitrogens with one attached hydrogen (secondary N) is 1. The Bertz CT molecular complexity index is 2200. The van der Waals surface area contributed by atoms with Crippen LogP contribution in [0.4, 0.5) is 18.9 Å². The van der Waals surface area contributed by atoms with Crippen molar-refractivity contribution in [2.24, 2.45) is 5.92 Å². The summed E-state index contributed by atoms with van der Waals surface area (Å²) in [6, 6.07) is 5.51. The van der Waals surface area contributed by atoms with Gasteiger partial charge < -0.3 is 24.6 Å². The van der Waals surface area contributed by atoms with Gasteiger partial charge in [0.05, 0.1) is 29.5 Å². The molecule has 51 heavy (non-hydrogen) atoms. The van der Waals surface area contributed by atoms with Crippen LogP contribution < -0.4 is 10.9 Å². The first kappa shape index (κ1) is 33.4. The molecule has 16 heteroatoms. The Morgan fingerprint density at radius 3 is 2.73 bits per heavy atom. The number of alkyl halides is 3. The van der Waals surface area contributed by atoms with Crippen LogP contribution in [0.5, 0.6) is 5.75 Å². The number of aromatic nitrogens is 5. The van der Waals surface area contributed by atoms with Crippen molar-refractivity contribution in [1.29, 1.82) is 0 Å². The zero-order valence-electron chi connectivity index (χ0n) is 27.4. The minimum Gasteiger partial charge on any atom is -0.505 e. The van der Waals surface area contributed by atoms with Crippen LogP contribution in [0.1, 0.15) is 78.1 Å². The SMILES string of the molecule is C[C@@H]1C[C@@]2(CCN(C(=O)c3ncccc3O)[C@H]3CC[C@H]32)c2c1n(CC(=O)Nc1ccc(C(F)(F)F)cc1Cl)c1nc(C3=CCOCC3)nn1c2=O. The molecule has 0 unspecified atom stereocenters. The van der Waals surface area contributed by atoms with E-state index in [9.17, 15) is 32.7 Å². The van der Waals surface area contributed by atoms with Crippen LogP contribution in [0.25, 0.3) is 11.4 Å². The summed E-state index contributed by atoms with van der Waals surface area (Å²) < 4.78 is 48.2. The summed E-state index contributed by atoms with van der Waals surface area (Å²) in [4.78, 5) is 52.6. The molecule has 4 aromatic rings. The predicted octanol–water partition coefficient (Wildman–Crippen LogP) is 5.18. The molecule has 2 aliphatic carbocycles. The zero-order valence-corrected chi connectivity index (χ0v) is 28.2. The Labute approximate surface area is 293 Å². The van der Waals surface area contributed by atoms with Gasteiger partial charge in [-0.2, -0.15) is 22.7 Å². The smallest absolute Gasteiger partial charge is 0.416 e. The number of likely N-dealkylation sites (tertiary alicyclic amines) is 1. The van der Waals surface area contributed by atoms with Gasteiger partial charge in [-0.3, -0.25) is 14.4 Å². The van der Waals surface area contributed by atoms with Crippen LogP contribution in [0.3, 0.4) is 0 Å². The summed E-state index contributed by atoms with van der Waals surface area (Å²) in [5.74, 6) is -0.873. The number of ether oxygens (including phenoxy) is 1. The summed E-state index contributed by atoms with van der Waals surface area (Å²) in [5, 5.41) is 17.4. The van der Waals surface area contributed by atoms with Crippen molar-refractivity contribution < 1.29 is 32.6 Å². The average Bonchev–Trinajstić information content (AvgIpc) is 3.65. The van der Waals surface area contributed by atoms with Gasteiger partial charge in [0.15, 0.2) is 11.5 Å². The molecule has 1 saturated carbocycles. The van der Waals surface area contributed by atoms with Gasteiger partial charge in [0.2, 0.25) is 11.7 Å². The van der Waals surface area contributed by atoms with Crippen molar-refractivity contribution >= 4 is 40.5 Å². The van der Waals surface area contributed by atoms with E-state index in [4.69, 9.17) is 21.3 Å². The van der Waals surface area contributed by atoms with Gasteiger partial charge >= 0.3 is 6.18 Å². The molecule has 2 fully saturated rings. The number of fused-ring (bicyclic) bond motifs is 5. The van der Waals surface area contributed by atoms with Crippen LogP contribution in [0.15, 0.2) is 47.4 Å². The first-order valence-corrected chi connectivity index (χ1v) is 17.2. The fourth-order valence-corrected chi connectivity index (χ4v) is 8.86. The molecule has 4 aliphatic rings. The molecule has 266 valence electrons. The highest BCUT2D eigenvalue weighted by Crippen LogP contribution is 2.59. The number of hydrogen-bond donors (Lipinski definition) is 2. The van der Waals surface area contributed by atoms with Crippen LogP contribution in [-0.4, -0.2) is 71.8 Å². The average molecular weight is 724 g/mol. The van der Waals surface area contributed by atoms with E-state index in [-0.39, 0.29) is 63.8 Å². The summed E-state index contributed by atoms with van der Waals surface area (Å²) in [5.41, 5.74) is 0.106. The van der Waals surface area contributed by atoms with E-state index < -0.39 is 23.1 Å². The van der Waals surface area contributed by atoms with Crippen molar-refractivity contribution in [3.63, 3.8) is 0 Å². The number of carbonyl (C=O) groups excluding carboxylic acids is 2. The molecule has 0 radical (unpaired) electrons. The minimum absolute atomic E-state index is 0.00991. The molecule has 12 nitrogen and oxygen atoms in total. The van der Waals surface area contributed by atoms with Gasteiger partial charge in [0.25, 0.3) is 11.5 Å². The molecule has 1 aromatic carbocycles. The largest absolute Gasteiger partial charge is 0.505 e. The van der Waals surface area contributed by atoms with Gasteiger partial charge in [-0.1, -0.05) is 24.6 Å². The molecular formula is C35H33ClF3N7O5. The molecule has 1 spiro atoms. The first-order chi connectivity index (χ1) is 24.4. The fraction of sp³-hybridized carbons (Fsp3) is 0.429. The van der Waals surface area contributed by atoms with Crippen LogP contribution in [0, 0.1) is 5.92 Å². The van der Waals surface area contributed by atoms with E-state index in [0.717, 1.165) is 36.6 Å². The summed E-state index contributed by atoms with van der Waals surface area (Å²) in [6.45, 7) is 2.85. The molecule has 3 aromatic heterocycles. The Morgan fingerprint density at radius 1 is 1.22 bits per heavy atom. The van der Waals surface area contributed by atoms with Crippen LogP contribution >= 0.6 is 11.6 Å². The predicted molar refractivity (Wildman–Crippen MR) is 179 cm³/mol. The number of amides is 2. The maximum atomic E-state index is 14.6. The molecule has 4 atom stereocenters. The standard InChI is InChI=1S/C35H33ClF3N7O5/c1-18-16-34(10-12-44(24-7-5-21(24)34)32(50)28-25(47)3-2-11-40-28)27-29(18)45(17-26(48)41-23-6-4-20(15-22(23)36)35(37,38)39)33-42-30(43-46(33)31(27)49)19-8-13-51-14-9-19/h2-4,6,8,11,15,18,21,24,47H,5,7,9-10,12-14,16-17H2,1H3,(H,41,48)/t18-,21-,24+,34-/m1/s1. The highest BCUT2D eigenvalue weighted by Gasteiger charge is 2.60. The van der Waals surface area contributed by atoms with Gasteiger partial charge in [-0.25, -0.2) is 4.98 Å². The van der Waals surface area contributed by atoms with Gasteiger partial charge in [0, 0.05) is 35.5 Å². The number of piperidine rings is 1. The molecule has 8 rings (SSSR count). The summed E-state index contributed by atoms with van der Waals surface area (Å²) >= 11 is 6.17. The number of carbonyl (C=O) groups is 2. The lowest BCUT2D eigenvalue weighted by Crippen LogP contribution is -2.63. The number of aromatic hydroxyl groups is 1. The second-order valence-electron chi connectivity index (χ2n) is 13.7. The Kier molecular flexibility index (Phi) is 7.98. The lowest BCUT2D eigenvalue weighted by atomic mass is 9.55. The second-order valence-corrected chi connectivity index (χ2v) is 14.1. The molecule has 5 heterocycles. The van der Waals surface area contributed by atoms with Gasteiger partial charge in [-0.15, -0.1) is 5.10 Å². The van der Waals surface area contributed by atoms with Crippen molar-refractivity contribution in [2.75, 3.05) is 25.1 Å². The van der Waals surface area contributed by atoms with Gasteiger partial charge in [-0.05, 0) is 79.8 Å². The lowest BCUT2D eigenvalue weighted by Gasteiger charge is -2.57. The highest BCUT2D eigenvalue weighted by molar-refractivity contribution is 6.33. The summed E-state index contributed by atoms with van der Waals surface area (Å²) in [6.07, 6.45) is 1.83. The number of nitrogens with zero attached hydrogens (tertiary/aromatic N) is 6. The van der Waals surface area contributed by atoms with E-state index in [1.54, 1.807) is 15.5 Å². The molecular weight excluding hydrogens is 691 g/mol. The third kappa shape index (κ3) is 5.39. The van der Waals surface area contributed by atoms with E-state index in [0.29, 0.717) is 56.1 Å². The third-order valence-corrected chi connectivity index (χ3v) is 11.3. The molecule has 2 aliphatic heterocycles. The molecule has 2 N–H and O–H groups in total. The Hall–Kier alpha value is -4.76. The minimum atomic E-state index is -4.60. The quantitative estimate of drug-likeness (QED) is 0.287. The van der Waals surface area contributed by atoms with E-state index >= 15 is 0 Å². The van der Waals surface area contributed by atoms with Crippen molar-refractivity contribution in [1.82, 2.24) is 29.0 Å². The number of pyridine rings is 1.